The summed E-state index contributed by atoms with van der Waals surface area (Å²) in [5.41, 5.74) is 3.16. The van der Waals surface area contributed by atoms with Crippen LogP contribution in [-0.4, -0.2) is 63.0 Å². The molecule has 3 amide bonds. The molecule has 218 valence electrons. The molecule has 42 heavy (non-hydrogen) atoms. The van der Waals surface area contributed by atoms with Gasteiger partial charge in [-0.25, -0.2) is 4.68 Å². The van der Waals surface area contributed by atoms with E-state index in [0.717, 1.165) is 60.5 Å². The summed E-state index contributed by atoms with van der Waals surface area (Å²) in [4.78, 5) is 41.1. The number of carbonyl (C=O) groups is 3. The highest BCUT2D eigenvalue weighted by Crippen LogP contribution is 2.49. The standard InChI is InChI=1S/C30H28F3N5O4/c31-30(32,33)19-1-3-20(4-2-19)38-15-18(13-34-38)14-36-11-9-29(10-12-36)17-42-26-22-16-37(24-7-8-25(39)35-27(24)40)28(41)21(22)5-6-23(26)29/h1-6,13,15,24H,7-12,14,16-17H2,(H,35,39,40)/t24-/m0/s1. The summed E-state index contributed by atoms with van der Waals surface area (Å²) in [5.74, 6) is -0.204. The summed E-state index contributed by atoms with van der Waals surface area (Å²) < 4.78 is 46.5. The van der Waals surface area contributed by atoms with E-state index in [1.54, 1.807) is 15.8 Å². The molecule has 1 N–H and O–H groups in total. The molecule has 4 aliphatic heterocycles. The fourth-order valence-electron chi connectivity index (χ4n) is 6.68. The Morgan fingerprint density at radius 3 is 2.52 bits per heavy atom. The minimum absolute atomic E-state index is 0.156. The molecule has 1 aromatic heterocycles. The van der Waals surface area contributed by atoms with Crippen molar-refractivity contribution in [3.8, 4) is 11.4 Å². The van der Waals surface area contributed by atoms with Crippen LogP contribution in [0.15, 0.2) is 48.8 Å². The lowest BCUT2D eigenvalue weighted by Crippen LogP contribution is -2.52. The first-order valence-electron chi connectivity index (χ1n) is 14.0. The number of nitrogens with zero attached hydrogens (tertiary/aromatic N) is 4. The van der Waals surface area contributed by atoms with Gasteiger partial charge in [-0.3, -0.25) is 24.6 Å². The molecule has 2 saturated heterocycles. The highest BCUT2D eigenvalue weighted by Gasteiger charge is 2.47. The first-order valence-corrected chi connectivity index (χ1v) is 14.0. The minimum Gasteiger partial charge on any atom is -0.492 e. The summed E-state index contributed by atoms with van der Waals surface area (Å²) >= 11 is 0. The number of ether oxygens (including phenoxy) is 1. The van der Waals surface area contributed by atoms with Gasteiger partial charge in [0.1, 0.15) is 11.8 Å². The van der Waals surface area contributed by atoms with Crippen LogP contribution in [0.5, 0.6) is 5.75 Å². The second-order valence-electron chi connectivity index (χ2n) is 11.6. The first kappa shape index (κ1) is 26.7. The number of benzene rings is 2. The Morgan fingerprint density at radius 2 is 1.81 bits per heavy atom. The molecule has 0 saturated carbocycles. The maximum atomic E-state index is 13.2. The van der Waals surface area contributed by atoms with Gasteiger partial charge in [0.2, 0.25) is 11.8 Å². The molecule has 5 heterocycles. The molecule has 9 nitrogen and oxygen atoms in total. The van der Waals surface area contributed by atoms with E-state index in [-0.39, 0.29) is 30.2 Å². The number of piperidine rings is 2. The molecule has 7 rings (SSSR count). The van der Waals surface area contributed by atoms with E-state index in [1.165, 1.54) is 12.1 Å². The second kappa shape index (κ2) is 9.69. The van der Waals surface area contributed by atoms with Crippen LogP contribution in [0.4, 0.5) is 13.2 Å². The van der Waals surface area contributed by atoms with Gasteiger partial charge < -0.3 is 9.64 Å². The van der Waals surface area contributed by atoms with Crippen molar-refractivity contribution in [3.63, 3.8) is 0 Å². The van der Waals surface area contributed by atoms with Crippen LogP contribution in [0.2, 0.25) is 0 Å². The molecule has 2 aromatic carbocycles. The first-order chi connectivity index (χ1) is 20.1. The Balaban J connectivity index is 1.02. The summed E-state index contributed by atoms with van der Waals surface area (Å²) in [6.07, 6.45) is 1.47. The normalized spacial score (nSPS) is 21.8. The summed E-state index contributed by atoms with van der Waals surface area (Å²) in [6.45, 7) is 3.14. The largest absolute Gasteiger partial charge is 0.492 e. The number of fused-ring (bicyclic) bond motifs is 4. The molecule has 0 unspecified atom stereocenters. The highest BCUT2D eigenvalue weighted by molar-refractivity contribution is 6.05. The lowest BCUT2D eigenvalue weighted by molar-refractivity contribution is -0.138. The van der Waals surface area contributed by atoms with Gasteiger partial charge >= 0.3 is 6.18 Å². The third-order valence-corrected chi connectivity index (χ3v) is 9.05. The SMILES string of the molecule is O=C1CC[C@H](N2Cc3c(ccc4c3OCC43CCN(Cc4cnn(-c5ccc(C(F)(F)F)cc5)c4)CC3)C2=O)C(=O)N1. The molecule has 3 aromatic rings. The Bertz CT molecular complexity index is 1590. The topological polar surface area (TPSA) is 96.8 Å². The molecule has 1 atom stereocenters. The van der Waals surface area contributed by atoms with Crippen molar-refractivity contribution >= 4 is 17.7 Å². The zero-order valence-electron chi connectivity index (χ0n) is 22.6. The van der Waals surface area contributed by atoms with Crippen LogP contribution in [0, 0.1) is 0 Å². The van der Waals surface area contributed by atoms with Crippen LogP contribution in [0.3, 0.4) is 0 Å². The average Bonchev–Trinajstić information content (AvgIpc) is 3.66. The van der Waals surface area contributed by atoms with Gasteiger partial charge in [-0.05, 0) is 62.7 Å². The number of carbonyl (C=O) groups excluding carboxylic acids is 3. The van der Waals surface area contributed by atoms with Crippen LogP contribution in [0.25, 0.3) is 5.69 Å². The molecule has 0 bridgehead atoms. The van der Waals surface area contributed by atoms with Crippen molar-refractivity contribution in [2.75, 3.05) is 19.7 Å². The number of hydrogen-bond acceptors (Lipinski definition) is 6. The van der Waals surface area contributed by atoms with E-state index >= 15 is 0 Å². The van der Waals surface area contributed by atoms with E-state index in [9.17, 15) is 27.6 Å². The monoisotopic (exact) mass is 579 g/mol. The number of alkyl halides is 3. The van der Waals surface area contributed by atoms with Crippen molar-refractivity contribution in [1.82, 2.24) is 24.9 Å². The maximum Gasteiger partial charge on any atom is 0.416 e. The number of imide groups is 1. The molecule has 2 fully saturated rings. The van der Waals surface area contributed by atoms with E-state index in [0.29, 0.717) is 30.8 Å². The van der Waals surface area contributed by atoms with Gasteiger partial charge in [0.05, 0.1) is 30.6 Å². The number of hydrogen-bond donors (Lipinski definition) is 1. The smallest absolute Gasteiger partial charge is 0.416 e. The molecule has 0 radical (unpaired) electrons. The lowest BCUT2D eigenvalue weighted by atomic mass is 9.74. The van der Waals surface area contributed by atoms with Gasteiger partial charge in [-0.2, -0.15) is 18.3 Å². The predicted molar refractivity (Wildman–Crippen MR) is 143 cm³/mol. The lowest BCUT2D eigenvalue weighted by Gasteiger charge is -2.38. The summed E-state index contributed by atoms with van der Waals surface area (Å²) in [6, 6.07) is 8.12. The van der Waals surface area contributed by atoms with Gasteiger partial charge in [0, 0.05) is 46.8 Å². The summed E-state index contributed by atoms with van der Waals surface area (Å²) in [7, 11) is 0. The molecule has 12 heteroatoms. The number of nitrogens with one attached hydrogen (secondary N) is 1. The molecule has 0 aliphatic carbocycles. The van der Waals surface area contributed by atoms with Gasteiger partial charge in [0.25, 0.3) is 5.91 Å². The van der Waals surface area contributed by atoms with E-state index < -0.39 is 23.7 Å². The Morgan fingerprint density at radius 1 is 1.05 bits per heavy atom. The molecule has 4 aliphatic rings. The number of amides is 3. The van der Waals surface area contributed by atoms with Crippen LogP contribution >= 0.6 is 0 Å². The van der Waals surface area contributed by atoms with Crippen LogP contribution < -0.4 is 10.1 Å². The Kier molecular flexibility index (Phi) is 6.16. The number of likely N-dealkylation sites (tertiary alicyclic amines) is 1. The second-order valence-corrected chi connectivity index (χ2v) is 11.6. The Labute approximate surface area is 239 Å². The fraction of sp³-hybridized carbons (Fsp3) is 0.400. The zero-order chi connectivity index (χ0) is 29.2. The Hall–Kier alpha value is -4.19. The van der Waals surface area contributed by atoms with E-state index in [2.05, 4.69) is 15.3 Å². The van der Waals surface area contributed by atoms with Gasteiger partial charge in [-0.1, -0.05) is 6.07 Å². The number of halogens is 3. The molecular weight excluding hydrogens is 551 g/mol. The van der Waals surface area contributed by atoms with Crippen molar-refractivity contribution < 1.29 is 32.3 Å². The third-order valence-electron chi connectivity index (χ3n) is 9.05. The summed E-state index contributed by atoms with van der Waals surface area (Å²) in [5, 5.41) is 6.69. The van der Waals surface area contributed by atoms with Crippen molar-refractivity contribution in [2.24, 2.45) is 0 Å². The molecular formula is C30H28F3N5O4. The average molecular weight is 580 g/mol. The third kappa shape index (κ3) is 4.44. The van der Waals surface area contributed by atoms with Gasteiger partial charge in [-0.15, -0.1) is 0 Å². The highest BCUT2D eigenvalue weighted by atomic mass is 19.4. The fourth-order valence-corrected chi connectivity index (χ4v) is 6.68. The van der Waals surface area contributed by atoms with Gasteiger partial charge in [0.15, 0.2) is 0 Å². The predicted octanol–water partition coefficient (Wildman–Crippen LogP) is 3.58. The van der Waals surface area contributed by atoms with Crippen molar-refractivity contribution in [3.05, 3.63) is 76.6 Å². The van der Waals surface area contributed by atoms with E-state index in [1.807, 2.05) is 18.3 Å². The van der Waals surface area contributed by atoms with E-state index in [4.69, 9.17) is 4.74 Å². The quantitative estimate of drug-likeness (QED) is 0.475. The molecule has 1 spiro atoms. The van der Waals surface area contributed by atoms with Crippen LogP contribution in [0.1, 0.15) is 58.3 Å². The maximum absolute atomic E-state index is 13.2. The van der Waals surface area contributed by atoms with Crippen molar-refractivity contribution in [1.29, 1.82) is 0 Å². The van der Waals surface area contributed by atoms with Crippen LogP contribution in [-0.2, 0) is 34.3 Å². The zero-order valence-corrected chi connectivity index (χ0v) is 22.6. The van der Waals surface area contributed by atoms with Crippen molar-refractivity contribution in [2.45, 2.75) is 56.4 Å². The number of aromatic nitrogens is 2. The minimum atomic E-state index is -4.38. The number of rotatable bonds is 4.